The lowest BCUT2D eigenvalue weighted by Gasteiger charge is -2.17. The van der Waals surface area contributed by atoms with Gasteiger partial charge in [-0.15, -0.1) is 0 Å². The molecule has 0 aliphatic carbocycles. The Hall–Kier alpha value is -2.79. The molecule has 1 atom stereocenters. The first-order chi connectivity index (χ1) is 10.3. The Morgan fingerprint density at radius 1 is 1.00 bits per heavy atom. The number of para-hydroxylation sites is 1. The standard InChI is InChI=1S/C16H14N4O/c17-20-16(21)15(14-7-3-4-9-18-14)12-8-10-19-13-6-2-1-5-11(12)13/h1-10,15H,17H2,(H,20,21). The molecule has 1 amide bonds. The fourth-order valence-electron chi connectivity index (χ4n) is 2.43. The average molecular weight is 278 g/mol. The molecule has 0 saturated carbocycles. The lowest BCUT2D eigenvalue weighted by Crippen LogP contribution is -2.35. The number of nitrogens with zero attached hydrogens (tertiary/aromatic N) is 2. The maximum Gasteiger partial charge on any atom is 0.247 e. The van der Waals surface area contributed by atoms with Gasteiger partial charge in [-0.2, -0.15) is 0 Å². The van der Waals surface area contributed by atoms with Gasteiger partial charge in [0.15, 0.2) is 0 Å². The summed E-state index contributed by atoms with van der Waals surface area (Å²) >= 11 is 0. The predicted octanol–water partition coefficient (Wildman–Crippen LogP) is 1.75. The summed E-state index contributed by atoms with van der Waals surface area (Å²) in [4.78, 5) is 20.9. The molecule has 3 rings (SSSR count). The number of aromatic nitrogens is 2. The Morgan fingerprint density at radius 3 is 2.57 bits per heavy atom. The van der Waals surface area contributed by atoms with E-state index in [1.807, 2.05) is 48.5 Å². The van der Waals surface area contributed by atoms with Gasteiger partial charge < -0.3 is 0 Å². The fourth-order valence-corrected chi connectivity index (χ4v) is 2.43. The number of pyridine rings is 2. The molecule has 104 valence electrons. The van der Waals surface area contributed by atoms with E-state index in [9.17, 15) is 4.79 Å². The maximum absolute atomic E-state index is 12.3. The van der Waals surface area contributed by atoms with Crippen molar-refractivity contribution in [1.82, 2.24) is 15.4 Å². The van der Waals surface area contributed by atoms with Crippen molar-refractivity contribution in [3.8, 4) is 0 Å². The number of benzene rings is 1. The number of amides is 1. The summed E-state index contributed by atoms with van der Waals surface area (Å²) in [5.41, 5.74) is 4.55. The molecule has 2 aromatic heterocycles. The molecule has 0 radical (unpaired) electrons. The van der Waals surface area contributed by atoms with Crippen LogP contribution < -0.4 is 11.3 Å². The highest BCUT2D eigenvalue weighted by Crippen LogP contribution is 2.28. The van der Waals surface area contributed by atoms with Gasteiger partial charge in [0.1, 0.15) is 5.92 Å². The predicted molar refractivity (Wildman–Crippen MR) is 80.2 cm³/mol. The van der Waals surface area contributed by atoms with Crippen molar-refractivity contribution in [3.63, 3.8) is 0 Å². The summed E-state index contributed by atoms with van der Waals surface area (Å²) in [6.45, 7) is 0. The molecule has 1 aromatic carbocycles. The normalized spacial score (nSPS) is 12.0. The summed E-state index contributed by atoms with van der Waals surface area (Å²) in [6.07, 6.45) is 3.35. The number of fused-ring (bicyclic) bond motifs is 1. The summed E-state index contributed by atoms with van der Waals surface area (Å²) in [5.74, 6) is 4.48. The number of hydrazine groups is 1. The summed E-state index contributed by atoms with van der Waals surface area (Å²) < 4.78 is 0. The van der Waals surface area contributed by atoms with Crippen LogP contribution in [0.1, 0.15) is 17.2 Å². The van der Waals surface area contributed by atoms with Gasteiger partial charge in [0.2, 0.25) is 5.91 Å². The molecular formula is C16H14N4O. The summed E-state index contributed by atoms with van der Waals surface area (Å²) in [7, 11) is 0. The van der Waals surface area contributed by atoms with Gasteiger partial charge in [0.05, 0.1) is 11.2 Å². The number of hydrogen-bond acceptors (Lipinski definition) is 4. The van der Waals surface area contributed by atoms with Crippen LogP contribution in [-0.2, 0) is 4.79 Å². The molecule has 0 fully saturated rings. The molecule has 0 aliphatic rings. The van der Waals surface area contributed by atoms with Gasteiger partial charge in [-0.25, -0.2) is 5.84 Å². The molecule has 3 aromatic rings. The number of nitrogens with one attached hydrogen (secondary N) is 1. The molecule has 5 nitrogen and oxygen atoms in total. The van der Waals surface area contributed by atoms with Crippen LogP contribution in [0.15, 0.2) is 60.9 Å². The van der Waals surface area contributed by atoms with Crippen molar-refractivity contribution in [2.45, 2.75) is 5.92 Å². The number of rotatable bonds is 3. The van der Waals surface area contributed by atoms with E-state index in [-0.39, 0.29) is 5.91 Å². The van der Waals surface area contributed by atoms with E-state index in [4.69, 9.17) is 5.84 Å². The monoisotopic (exact) mass is 278 g/mol. The van der Waals surface area contributed by atoms with E-state index < -0.39 is 5.92 Å². The highest BCUT2D eigenvalue weighted by molar-refractivity contribution is 5.93. The van der Waals surface area contributed by atoms with Crippen molar-refractivity contribution in [2.24, 2.45) is 5.84 Å². The zero-order valence-electron chi connectivity index (χ0n) is 11.2. The molecule has 5 heteroatoms. The molecule has 0 spiro atoms. The van der Waals surface area contributed by atoms with Gasteiger partial charge in [-0.1, -0.05) is 24.3 Å². The van der Waals surface area contributed by atoms with Gasteiger partial charge in [0, 0.05) is 17.8 Å². The number of hydrogen-bond donors (Lipinski definition) is 2. The Labute approximate surface area is 121 Å². The summed E-state index contributed by atoms with van der Waals surface area (Å²) in [6, 6.07) is 15.0. The molecule has 21 heavy (non-hydrogen) atoms. The van der Waals surface area contributed by atoms with Crippen molar-refractivity contribution < 1.29 is 4.79 Å². The first-order valence-electron chi connectivity index (χ1n) is 6.56. The zero-order chi connectivity index (χ0) is 14.7. The number of nitrogens with two attached hydrogens (primary N) is 1. The molecule has 1 unspecified atom stereocenters. The van der Waals surface area contributed by atoms with Crippen molar-refractivity contribution in [3.05, 3.63) is 72.2 Å². The van der Waals surface area contributed by atoms with Gasteiger partial charge >= 0.3 is 0 Å². The van der Waals surface area contributed by atoms with Crippen LogP contribution in [0.2, 0.25) is 0 Å². The van der Waals surface area contributed by atoms with E-state index in [1.54, 1.807) is 12.4 Å². The number of carbonyl (C=O) groups excluding carboxylic acids is 1. The summed E-state index contributed by atoms with van der Waals surface area (Å²) in [5, 5.41) is 0.916. The lowest BCUT2D eigenvalue weighted by atomic mass is 9.91. The van der Waals surface area contributed by atoms with Crippen molar-refractivity contribution in [1.29, 1.82) is 0 Å². The van der Waals surface area contributed by atoms with Crippen LogP contribution in [0.3, 0.4) is 0 Å². The second kappa shape index (κ2) is 5.68. The van der Waals surface area contributed by atoms with Crippen LogP contribution in [0, 0.1) is 0 Å². The first kappa shape index (κ1) is 13.2. The molecule has 0 aliphatic heterocycles. The minimum atomic E-state index is -0.566. The van der Waals surface area contributed by atoms with E-state index in [0.717, 1.165) is 16.5 Å². The quantitative estimate of drug-likeness (QED) is 0.434. The smallest absolute Gasteiger partial charge is 0.247 e. The SMILES string of the molecule is NNC(=O)C(c1ccccn1)c1ccnc2ccccc12. The highest BCUT2D eigenvalue weighted by atomic mass is 16.2. The molecule has 2 heterocycles. The van der Waals surface area contributed by atoms with Gasteiger partial charge in [-0.3, -0.25) is 20.2 Å². The van der Waals surface area contributed by atoms with E-state index in [2.05, 4.69) is 15.4 Å². The van der Waals surface area contributed by atoms with E-state index in [1.165, 1.54) is 0 Å². The second-order valence-corrected chi connectivity index (χ2v) is 4.61. The van der Waals surface area contributed by atoms with Crippen LogP contribution in [0.5, 0.6) is 0 Å². The topological polar surface area (TPSA) is 80.9 Å². The largest absolute Gasteiger partial charge is 0.293 e. The Bertz CT molecular complexity index is 768. The van der Waals surface area contributed by atoms with Crippen molar-refractivity contribution >= 4 is 16.8 Å². The Balaban J connectivity index is 2.22. The third-order valence-corrected chi connectivity index (χ3v) is 3.38. The molecule has 0 saturated heterocycles. The van der Waals surface area contributed by atoms with Crippen molar-refractivity contribution in [2.75, 3.05) is 0 Å². The zero-order valence-corrected chi connectivity index (χ0v) is 11.2. The van der Waals surface area contributed by atoms with Gasteiger partial charge in [-0.05, 0) is 29.8 Å². The average Bonchev–Trinajstić information content (AvgIpc) is 2.56. The van der Waals surface area contributed by atoms with Crippen LogP contribution >= 0.6 is 0 Å². The third-order valence-electron chi connectivity index (χ3n) is 3.38. The number of carbonyl (C=O) groups is 1. The fraction of sp³-hybridized carbons (Fsp3) is 0.0625. The van der Waals surface area contributed by atoms with Crippen LogP contribution in [-0.4, -0.2) is 15.9 Å². The second-order valence-electron chi connectivity index (χ2n) is 4.61. The molecule has 0 bridgehead atoms. The third kappa shape index (κ3) is 2.46. The maximum atomic E-state index is 12.3. The first-order valence-corrected chi connectivity index (χ1v) is 6.56. The lowest BCUT2D eigenvalue weighted by molar-refractivity contribution is -0.121. The van der Waals surface area contributed by atoms with E-state index in [0.29, 0.717) is 5.69 Å². The Kier molecular flexibility index (Phi) is 3.57. The van der Waals surface area contributed by atoms with Crippen LogP contribution in [0.25, 0.3) is 10.9 Å². The highest BCUT2D eigenvalue weighted by Gasteiger charge is 2.25. The minimum absolute atomic E-state index is 0.301. The Morgan fingerprint density at radius 2 is 1.81 bits per heavy atom. The molecule has 3 N–H and O–H groups in total. The minimum Gasteiger partial charge on any atom is -0.293 e. The van der Waals surface area contributed by atoms with Gasteiger partial charge in [0.25, 0.3) is 0 Å². The van der Waals surface area contributed by atoms with Crippen LogP contribution in [0.4, 0.5) is 0 Å². The molecular weight excluding hydrogens is 264 g/mol. The van der Waals surface area contributed by atoms with E-state index >= 15 is 0 Å².